The maximum absolute atomic E-state index is 13.0. The second-order valence-corrected chi connectivity index (χ2v) is 13.2. The molecule has 0 saturated carbocycles. The summed E-state index contributed by atoms with van der Waals surface area (Å²) in [5.41, 5.74) is 3.74. The molecule has 2 fully saturated rings. The van der Waals surface area contributed by atoms with Crippen LogP contribution in [0.1, 0.15) is 63.5 Å². The maximum Gasteiger partial charge on any atom is 0.0998 e. The number of nitrogens with zero attached hydrogens (tertiary/aromatic N) is 3. The van der Waals surface area contributed by atoms with Gasteiger partial charge in [-0.2, -0.15) is 0 Å². The first-order valence-corrected chi connectivity index (χ1v) is 15.8. The zero-order chi connectivity index (χ0) is 26.7. The molecule has 8 rings (SSSR count). The third-order valence-electron chi connectivity index (χ3n) is 10.9. The van der Waals surface area contributed by atoms with Gasteiger partial charge in [-0.1, -0.05) is 42.5 Å². The number of benzene rings is 1. The molecule has 1 spiro atoms. The highest BCUT2D eigenvalue weighted by atomic mass is 16.3. The second-order valence-electron chi connectivity index (χ2n) is 13.2. The van der Waals surface area contributed by atoms with E-state index in [1.165, 1.54) is 42.2 Å². The van der Waals surface area contributed by atoms with E-state index in [1.54, 1.807) is 0 Å². The first-order valence-electron chi connectivity index (χ1n) is 15.8. The van der Waals surface area contributed by atoms with Crippen molar-refractivity contribution in [2.24, 2.45) is 11.3 Å². The number of allylic oxidation sites excluding steroid dienone is 4. The van der Waals surface area contributed by atoms with E-state index in [9.17, 15) is 5.11 Å². The number of nitrogens with one attached hydrogen (secondary N) is 1. The fourth-order valence-electron chi connectivity index (χ4n) is 9.42. The van der Waals surface area contributed by atoms with Crippen LogP contribution in [0.5, 0.6) is 0 Å². The van der Waals surface area contributed by atoms with Gasteiger partial charge in [0.2, 0.25) is 0 Å². The molecular formula is C35H42N4O. The van der Waals surface area contributed by atoms with E-state index < -0.39 is 5.60 Å². The van der Waals surface area contributed by atoms with Gasteiger partial charge in [-0.15, -0.1) is 0 Å². The van der Waals surface area contributed by atoms with Crippen molar-refractivity contribution in [3.8, 4) is 0 Å². The zero-order valence-electron chi connectivity index (χ0n) is 23.6. The van der Waals surface area contributed by atoms with E-state index in [0.29, 0.717) is 12.0 Å². The molecule has 5 heteroatoms. The Bertz CT molecular complexity index is 1520. The number of aliphatic hydroxyl groups is 1. The van der Waals surface area contributed by atoms with Crippen molar-refractivity contribution in [1.29, 1.82) is 0 Å². The van der Waals surface area contributed by atoms with Crippen LogP contribution in [0.25, 0.3) is 27.4 Å². The summed E-state index contributed by atoms with van der Waals surface area (Å²) >= 11 is 0. The summed E-state index contributed by atoms with van der Waals surface area (Å²) in [6.07, 6.45) is 23.8. The molecule has 0 radical (unpaired) electrons. The lowest BCUT2D eigenvalue weighted by Crippen LogP contribution is -2.65. The Morgan fingerprint density at radius 2 is 1.82 bits per heavy atom. The molecule has 1 unspecified atom stereocenters. The number of hydrogen-bond acceptors (Lipinski definition) is 4. The van der Waals surface area contributed by atoms with Gasteiger partial charge in [0.25, 0.3) is 0 Å². The lowest BCUT2D eigenvalue weighted by molar-refractivity contribution is -0.0890. The van der Waals surface area contributed by atoms with Crippen molar-refractivity contribution in [2.45, 2.75) is 75.5 Å². The molecule has 3 bridgehead atoms. The molecule has 3 aromatic rings. The number of fused-ring (bicyclic) bond motifs is 5. The van der Waals surface area contributed by atoms with E-state index in [2.05, 4.69) is 75.5 Å². The Balaban J connectivity index is 1.35. The fraction of sp³-hybridized carbons (Fsp3) is 0.514. The van der Waals surface area contributed by atoms with Gasteiger partial charge in [0.1, 0.15) is 0 Å². The van der Waals surface area contributed by atoms with Crippen molar-refractivity contribution in [3.63, 3.8) is 0 Å². The molecule has 2 saturated heterocycles. The topological polar surface area (TPSA) is 55.4 Å². The molecule has 40 heavy (non-hydrogen) atoms. The monoisotopic (exact) mass is 534 g/mol. The van der Waals surface area contributed by atoms with Crippen LogP contribution in [0.4, 0.5) is 0 Å². The number of piperidine rings is 1. The highest BCUT2D eigenvalue weighted by molar-refractivity contribution is 6.09. The van der Waals surface area contributed by atoms with E-state index in [-0.39, 0.29) is 11.5 Å². The number of H-pyrrole nitrogens is 1. The molecule has 2 N–H and O–H groups in total. The van der Waals surface area contributed by atoms with Gasteiger partial charge in [-0.25, -0.2) is 0 Å². The van der Waals surface area contributed by atoms with E-state index in [4.69, 9.17) is 4.98 Å². The van der Waals surface area contributed by atoms with Crippen LogP contribution in [0, 0.1) is 11.3 Å². The first kappa shape index (κ1) is 25.0. The number of pyridine rings is 1. The van der Waals surface area contributed by atoms with Crippen LogP contribution in [0.3, 0.4) is 0 Å². The molecule has 6 heterocycles. The molecule has 2 aromatic heterocycles. The first-order chi connectivity index (χ1) is 19.7. The summed E-state index contributed by atoms with van der Waals surface area (Å²) in [5.74, 6) is 0.388. The van der Waals surface area contributed by atoms with Gasteiger partial charge >= 0.3 is 0 Å². The van der Waals surface area contributed by atoms with Gasteiger partial charge in [0, 0.05) is 40.5 Å². The predicted octanol–water partition coefficient (Wildman–Crippen LogP) is 6.47. The molecule has 1 aromatic carbocycles. The van der Waals surface area contributed by atoms with Crippen LogP contribution >= 0.6 is 0 Å². The Hall–Kier alpha value is -2.73. The predicted molar refractivity (Wildman–Crippen MR) is 163 cm³/mol. The summed E-state index contributed by atoms with van der Waals surface area (Å²) in [5, 5.41) is 15.5. The minimum Gasteiger partial charge on any atom is -0.384 e. The van der Waals surface area contributed by atoms with Crippen molar-refractivity contribution in [2.75, 3.05) is 26.2 Å². The van der Waals surface area contributed by atoms with Crippen LogP contribution in [0.15, 0.2) is 66.9 Å². The second kappa shape index (κ2) is 9.68. The van der Waals surface area contributed by atoms with Gasteiger partial charge in [-0.3, -0.25) is 9.88 Å². The highest BCUT2D eigenvalue weighted by Gasteiger charge is 2.65. The Morgan fingerprint density at radius 1 is 0.925 bits per heavy atom. The Kier molecular flexibility index (Phi) is 6.05. The average Bonchev–Trinajstić information content (AvgIpc) is 3.40. The normalized spacial score (nSPS) is 37.2. The van der Waals surface area contributed by atoms with Crippen molar-refractivity contribution < 1.29 is 5.11 Å². The minimum absolute atomic E-state index is 0.0110. The quantitative estimate of drug-likeness (QED) is 0.352. The molecule has 1 aliphatic carbocycles. The van der Waals surface area contributed by atoms with Gasteiger partial charge in [-0.05, 0) is 107 Å². The summed E-state index contributed by atoms with van der Waals surface area (Å²) in [6.45, 7) is 4.46. The van der Waals surface area contributed by atoms with Gasteiger partial charge in [0.05, 0.1) is 22.9 Å². The molecule has 5 nitrogen and oxygen atoms in total. The van der Waals surface area contributed by atoms with E-state index in [1.807, 2.05) is 6.20 Å². The molecule has 0 amide bonds. The standard InChI is InChI=1S/C35H42N4O/c40-35-17-9-3-1-2-4-10-19-38-21-16-29(34(24-38)22-25-12-6-5-11-20-39(25)33(34)35)28(23-35)31-32-27(15-18-36-31)26-13-7-8-14-30(26)37-32/h1,3,6-8,12-15,18,23,25,29,33,37,40H,2,4-5,9-11,16-17,19-22,24H2/b3-1-/t25-,29-,33+,34-,35-/m0/s1. The summed E-state index contributed by atoms with van der Waals surface area (Å²) < 4.78 is 0. The number of aromatic nitrogens is 2. The number of aromatic amines is 1. The number of hydrogen-bond donors (Lipinski definition) is 2. The largest absolute Gasteiger partial charge is 0.384 e. The highest BCUT2D eigenvalue weighted by Crippen LogP contribution is 2.61. The van der Waals surface area contributed by atoms with Crippen molar-refractivity contribution in [1.82, 2.24) is 19.8 Å². The average molecular weight is 535 g/mol. The third-order valence-corrected chi connectivity index (χ3v) is 10.9. The van der Waals surface area contributed by atoms with Crippen LogP contribution in [0.2, 0.25) is 0 Å². The third kappa shape index (κ3) is 3.81. The Morgan fingerprint density at radius 3 is 2.80 bits per heavy atom. The van der Waals surface area contributed by atoms with Gasteiger partial charge in [0.15, 0.2) is 0 Å². The van der Waals surface area contributed by atoms with Crippen LogP contribution < -0.4 is 0 Å². The lowest BCUT2D eigenvalue weighted by atomic mass is 9.54. The van der Waals surface area contributed by atoms with Crippen LogP contribution in [-0.4, -0.2) is 68.7 Å². The van der Waals surface area contributed by atoms with Crippen LogP contribution in [-0.2, 0) is 0 Å². The van der Waals surface area contributed by atoms with Crippen molar-refractivity contribution in [3.05, 3.63) is 72.6 Å². The Labute approximate surface area is 237 Å². The van der Waals surface area contributed by atoms with Gasteiger partial charge < -0.3 is 15.0 Å². The molecule has 208 valence electrons. The maximum atomic E-state index is 13.0. The molecular weight excluding hydrogens is 492 g/mol. The summed E-state index contributed by atoms with van der Waals surface area (Å²) in [6, 6.07) is 11.3. The van der Waals surface area contributed by atoms with E-state index >= 15 is 0 Å². The molecule has 4 aliphatic heterocycles. The SMILES string of the molecule is O[C@]12C=C(c3nccc4c3[nH]c3ccccc34)[C@@H]3CCN(CCCC/C=C\CC1)C[C@@]31C[C@@H]3C=CCCCN3[C@H]12. The summed E-state index contributed by atoms with van der Waals surface area (Å²) in [4.78, 5) is 14.3. The summed E-state index contributed by atoms with van der Waals surface area (Å²) in [7, 11) is 0. The molecule has 6 atom stereocenters. The smallest absolute Gasteiger partial charge is 0.0998 e. The molecule has 5 aliphatic rings. The fourth-order valence-corrected chi connectivity index (χ4v) is 9.42. The zero-order valence-corrected chi connectivity index (χ0v) is 23.6. The van der Waals surface area contributed by atoms with E-state index in [0.717, 1.165) is 74.9 Å². The minimum atomic E-state index is -0.893. The number of para-hydroxylation sites is 1. The lowest BCUT2D eigenvalue weighted by Gasteiger charge is -2.58. The van der Waals surface area contributed by atoms with Crippen molar-refractivity contribution >= 4 is 27.4 Å². The number of rotatable bonds is 1.